The van der Waals surface area contributed by atoms with Gasteiger partial charge in [0, 0.05) is 0 Å². The molecule has 0 aliphatic heterocycles. The van der Waals surface area contributed by atoms with Crippen molar-refractivity contribution in [2.75, 3.05) is 0 Å². The van der Waals surface area contributed by atoms with Crippen molar-refractivity contribution >= 4 is 108 Å². The van der Waals surface area contributed by atoms with Gasteiger partial charge in [-0.25, -0.2) is 0 Å². The molecule has 0 nitrogen and oxygen atoms in total. The van der Waals surface area contributed by atoms with E-state index in [0.29, 0.717) is 0 Å². The van der Waals surface area contributed by atoms with Crippen molar-refractivity contribution in [3.63, 3.8) is 0 Å². The second-order valence-electron chi connectivity index (χ2n) is 26.5. The summed E-state index contributed by atoms with van der Waals surface area (Å²) in [5.74, 6) is 0. The van der Waals surface area contributed by atoms with Gasteiger partial charge in [-0.15, -0.1) is 0 Å². The Morgan fingerprint density at radius 1 is 0.100 bits per heavy atom. The zero-order chi connectivity index (χ0) is 66.0. The van der Waals surface area contributed by atoms with Crippen LogP contribution in [0.1, 0.15) is 0 Å². The maximum absolute atomic E-state index is 2.39. The van der Waals surface area contributed by atoms with Gasteiger partial charge in [-0.05, 0) is 227 Å². The summed E-state index contributed by atoms with van der Waals surface area (Å²) in [6, 6.07) is 143. The van der Waals surface area contributed by atoms with Crippen molar-refractivity contribution < 1.29 is 0 Å². The van der Waals surface area contributed by atoms with Crippen LogP contribution in [0.4, 0.5) is 0 Å². The topological polar surface area (TPSA) is 0 Å². The summed E-state index contributed by atoms with van der Waals surface area (Å²) in [5.41, 5.74) is 20.1. The van der Waals surface area contributed by atoms with Gasteiger partial charge in [0.25, 0.3) is 0 Å². The van der Waals surface area contributed by atoms with Crippen LogP contribution < -0.4 is 0 Å². The highest BCUT2D eigenvalue weighted by Crippen LogP contribution is 2.49. The fourth-order valence-corrected chi connectivity index (χ4v) is 16.3. The van der Waals surface area contributed by atoms with Gasteiger partial charge in [0.2, 0.25) is 0 Å². The number of fused-ring (bicyclic) bond motifs is 10. The molecule has 20 aromatic rings. The number of hydrogen-bond donors (Lipinski definition) is 0. The molecule has 0 bridgehead atoms. The lowest BCUT2D eigenvalue weighted by atomic mass is 9.84. The molecule has 0 aromatic heterocycles. The molecular formula is C100H64. The monoisotopic (exact) mass is 1260 g/mol. The van der Waals surface area contributed by atoms with E-state index in [2.05, 4.69) is 388 Å². The number of benzene rings is 20. The van der Waals surface area contributed by atoms with E-state index in [1.165, 1.54) is 197 Å². The summed E-state index contributed by atoms with van der Waals surface area (Å²) in [6.07, 6.45) is 0. The fourth-order valence-electron chi connectivity index (χ4n) is 16.3. The predicted octanol–water partition coefficient (Wildman–Crippen LogP) is 28.2. The average Bonchev–Trinajstić information content (AvgIpc) is 0.735. The highest BCUT2D eigenvalue weighted by molar-refractivity contribution is 6.26. The van der Waals surface area contributed by atoms with Crippen LogP contribution in [0.5, 0.6) is 0 Å². The molecule has 0 unspecified atom stereocenters. The molecule has 0 amide bonds. The Labute approximate surface area is 581 Å². The summed E-state index contributed by atoms with van der Waals surface area (Å²) >= 11 is 0. The molecule has 0 saturated heterocycles. The molecule has 0 atom stereocenters. The third-order valence-corrected chi connectivity index (χ3v) is 20.9. The normalized spacial score (nSPS) is 11.6. The van der Waals surface area contributed by atoms with E-state index in [1.807, 2.05) is 0 Å². The van der Waals surface area contributed by atoms with Crippen molar-refractivity contribution in [3.05, 3.63) is 388 Å². The van der Waals surface area contributed by atoms with E-state index in [-0.39, 0.29) is 0 Å². The standard InChI is InChI=1S/2C50H32/c1-3-17-39-34(13-1)15-11-25-43(39)42-20-6-5-19-41(42)36-29-27-33-28-30-37(32-38(33)31-36)49-45-21-7-9-23-47(45)50(48-24-10-8-22-46(48)49)44-26-12-16-35-14-2-4-18-40(35)44;1-2-14-36-30-37(27-24-33(36)12-1)42-17-5-6-18-43(42)38-28-25-34-26-29-39(32-40(34)31-38)49-45-19-7-9-21-47(45)50(48-22-10-8-20-46(48)49)44-23-11-15-35-13-3-4-16-41(35)44/h2*1-32H. The molecule has 0 N–H and O–H groups in total. The van der Waals surface area contributed by atoms with Crippen molar-refractivity contribution in [1.29, 1.82) is 0 Å². The van der Waals surface area contributed by atoms with Crippen LogP contribution in [0, 0.1) is 0 Å². The summed E-state index contributed by atoms with van der Waals surface area (Å²) in [5, 5.41) is 25.2. The van der Waals surface area contributed by atoms with Crippen molar-refractivity contribution in [2.45, 2.75) is 0 Å². The molecule has 0 saturated carbocycles. The zero-order valence-electron chi connectivity index (χ0n) is 55.0. The first-order valence-corrected chi connectivity index (χ1v) is 34.7. The lowest BCUT2D eigenvalue weighted by Crippen LogP contribution is -1.92. The maximum atomic E-state index is 2.39. The lowest BCUT2D eigenvalue weighted by Gasteiger charge is -2.19. The molecule has 0 heteroatoms. The number of rotatable bonds is 8. The zero-order valence-corrected chi connectivity index (χ0v) is 55.0. The highest BCUT2D eigenvalue weighted by Gasteiger charge is 2.22. The van der Waals surface area contributed by atoms with Crippen molar-refractivity contribution in [1.82, 2.24) is 0 Å². The third kappa shape index (κ3) is 10.1. The van der Waals surface area contributed by atoms with Crippen LogP contribution in [0.15, 0.2) is 388 Å². The number of hydrogen-bond acceptors (Lipinski definition) is 0. The Hall–Kier alpha value is -13.0. The highest BCUT2D eigenvalue weighted by atomic mass is 14.2. The molecule has 100 heavy (non-hydrogen) atoms. The molecule has 20 aromatic carbocycles. The van der Waals surface area contributed by atoms with Crippen LogP contribution >= 0.6 is 0 Å². The Morgan fingerprint density at radius 2 is 0.320 bits per heavy atom. The van der Waals surface area contributed by atoms with Gasteiger partial charge in [0.05, 0.1) is 0 Å². The quantitative estimate of drug-likeness (QED) is 0.133. The van der Waals surface area contributed by atoms with Gasteiger partial charge in [0.15, 0.2) is 0 Å². The van der Waals surface area contributed by atoms with E-state index in [0.717, 1.165) is 0 Å². The first-order valence-electron chi connectivity index (χ1n) is 34.7. The van der Waals surface area contributed by atoms with E-state index in [4.69, 9.17) is 0 Å². The fraction of sp³-hybridized carbons (Fsp3) is 0. The Morgan fingerprint density at radius 3 is 0.700 bits per heavy atom. The van der Waals surface area contributed by atoms with Gasteiger partial charge in [-0.3, -0.25) is 0 Å². The smallest absolute Gasteiger partial charge is 0.00201 e. The van der Waals surface area contributed by atoms with Crippen LogP contribution in [0.25, 0.3) is 197 Å². The van der Waals surface area contributed by atoms with E-state index < -0.39 is 0 Å². The Bertz CT molecular complexity index is 6530. The van der Waals surface area contributed by atoms with Crippen LogP contribution in [0.3, 0.4) is 0 Å². The Kier molecular flexibility index (Phi) is 14.3. The second kappa shape index (κ2) is 24.6. The molecule has 0 aliphatic rings. The summed E-state index contributed by atoms with van der Waals surface area (Å²) in [4.78, 5) is 0. The minimum absolute atomic E-state index is 1.22. The first kappa shape index (κ1) is 58.4. The van der Waals surface area contributed by atoms with Crippen LogP contribution in [0.2, 0.25) is 0 Å². The molecule has 0 heterocycles. The van der Waals surface area contributed by atoms with E-state index >= 15 is 0 Å². The summed E-state index contributed by atoms with van der Waals surface area (Å²) < 4.78 is 0. The molecular weight excluding hydrogens is 1200 g/mol. The average molecular weight is 1270 g/mol. The van der Waals surface area contributed by atoms with Crippen LogP contribution in [-0.4, -0.2) is 0 Å². The van der Waals surface area contributed by atoms with Crippen molar-refractivity contribution in [2.24, 2.45) is 0 Å². The minimum Gasteiger partial charge on any atom is -0.0616 e. The molecule has 0 aliphatic carbocycles. The first-order chi connectivity index (χ1) is 49.6. The van der Waals surface area contributed by atoms with Crippen molar-refractivity contribution in [3.8, 4) is 89.0 Å². The second-order valence-corrected chi connectivity index (χ2v) is 26.5. The molecule has 20 rings (SSSR count). The van der Waals surface area contributed by atoms with Gasteiger partial charge in [0.1, 0.15) is 0 Å². The molecule has 0 radical (unpaired) electrons. The van der Waals surface area contributed by atoms with E-state index in [1.54, 1.807) is 0 Å². The van der Waals surface area contributed by atoms with Gasteiger partial charge in [-0.1, -0.05) is 358 Å². The predicted molar refractivity (Wildman–Crippen MR) is 431 cm³/mol. The summed E-state index contributed by atoms with van der Waals surface area (Å²) in [7, 11) is 0. The molecule has 0 fully saturated rings. The minimum atomic E-state index is 1.22. The summed E-state index contributed by atoms with van der Waals surface area (Å²) in [6.45, 7) is 0. The Balaban J connectivity index is 0.000000139. The maximum Gasteiger partial charge on any atom is -0.00201 e. The van der Waals surface area contributed by atoms with E-state index in [9.17, 15) is 0 Å². The largest absolute Gasteiger partial charge is 0.0616 e. The SMILES string of the molecule is c1ccc(-c2ccc3ccc(-c4c5ccccc5c(-c5cccc6ccccc56)c5ccccc45)cc3c2)c(-c2ccc3ccccc3c2)c1.c1ccc(-c2cccc3ccccc23)c(-c2ccc3ccc(-c4c5ccccc5c(-c5cccc6ccccc56)c5ccccc45)cc3c2)c1. The van der Waals surface area contributed by atoms with Gasteiger partial charge in [-0.2, -0.15) is 0 Å². The molecule has 0 spiro atoms. The molecule has 464 valence electrons. The third-order valence-electron chi connectivity index (χ3n) is 20.9. The lowest BCUT2D eigenvalue weighted by molar-refractivity contribution is 1.61. The van der Waals surface area contributed by atoms with Gasteiger partial charge < -0.3 is 0 Å². The van der Waals surface area contributed by atoms with Gasteiger partial charge >= 0.3 is 0 Å². The van der Waals surface area contributed by atoms with Crippen LogP contribution in [-0.2, 0) is 0 Å².